The summed E-state index contributed by atoms with van der Waals surface area (Å²) in [7, 11) is 0. The smallest absolute Gasteiger partial charge is 0.248 e. The fraction of sp³-hybridized carbons (Fsp3) is 0.500. The summed E-state index contributed by atoms with van der Waals surface area (Å²) in [6, 6.07) is 5.48. The lowest BCUT2D eigenvalue weighted by molar-refractivity contribution is 0.0871. The molecule has 4 nitrogen and oxygen atoms in total. The summed E-state index contributed by atoms with van der Waals surface area (Å²) >= 11 is 0. The summed E-state index contributed by atoms with van der Waals surface area (Å²) in [5.74, 6) is -0.400. The van der Waals surface area contributed by atoms with Crippen molar-refractivity contribution in [2.75, 3.05) is 6.61 Å². The van der Waals surface area contributed by atoms with E-state index in [1.165, 1.54) is 6.42 Å². The van der Waals surface area contributed by atoms with Crippen LogP contribution in [-0.2, 0) is 6.54 Å². The largest absolute Gasteiger partial charge is 0.394 e. The monoisotopic (exact) mass is 248 g/mol. The van der Waals surface area contributed by atoms with Crippen molar-refractivity contribution in [1.82, 2.24) is 5.32 Å². The molecule has 0 atom stereocenters. The third-order valence-corrected chi connectivity index (χ3v) is 3.89. The number of rotatable bonds is 5. The molecule has 1 aliphatic carbocycles. The van der Waals surface area contributed by atoms with Gasteiger partial charge in [-0.25, -0.2) is 0 Å². The molecule has 0 aromatic heterocycles. The molecule has 1 amide bonds. The van der Waals surface area contributed by atoms with Crippen molar-refractivity contribution in [3.05, 3.63) is 34.9 Å². The number of aliphatic hydroxyl groups is 1. The minimum Gasteiger partial charge on any atom is -0.394 e. The highest BCUT2D eigenvalue weighted by molar-refractivity contribution is 5.93. The van der Waals surface area contributed by atoms with Crippen LogP contribution in [0.2, 0.25) is 0 Å². The van der Waals surface area contributed by atoms with Gasteiger partial charge in [-0.05, 0) is 49.4 Å². The third kappa shape index (κ3) is 2.54. The maximum atomic E-state index is 11.1. The first-order valence-electron chi connectivity index (χ1n) is 6.31. The van der Waals surface area contributed by atoms with Gasteiger partial charge in [0.1, 0.15) is 0 Å². The van der Waals surface area contributed by atoms with Crippen molar-refractivity contribution in [2.24, 2.45) is 5.73 Å². The Morgan fingerprint density at radius 1 is 1.50 bits per heavy atom. The Hall–Kier alpha value is -1.39. The Morgan fingerprint density at radius 2 is 2.22 bits per heavy atom. The van der Waals surface area contributed by atoms with E-state index in [-0.39, 0.29) is 12.1 Å². The molecule has 0 aliphatic heterocycles. The summed E-state index contributed by atoms with van der Waals surface area (Å²) in [6.45, 7) is 2.87. The number of nitrogens with one attached hydrogen (secondary N) is 1. The Kier molecular flexibility index (Phi) is 3.68. The molecular formula is C14H20N2O2. The predicted molar refractivity (Wildman–Crippen MR) is 70.2 cm³/mol. The molecule has 0 saturated heterocycles. The first kappa shape index (κ1) is 13.1. The van der Waals surface area contributed by atoms with Gasteiger partial charge in [-0.2, -0.15) is 0 Å². The molecule has 0 heterocycles. The quantitative estimate of drug-likeness (QED) is 0.730. The second kappa shape index (κ2) is 5.08. The van der Waals surface area contributed by atoms with Crippen LogP contribution < -0.4 is 11.1 Å². The van der Waals surface area contributed by atoms with Gasteiger partial charge in [0.15, 0.2) is 0 Å². The number of hydrogen-bond donors (Lipinski definition) is 3. The fourth-order valence-electron chi connectivity index (χ4n) is 2.32. The maximum absolute atomic E-state index is 11.1. The van der Waals surface area contributed by atoms with Gasteiger partial charge in [-0.3, -0.25) is 4.79 Å². The van der Waals surface area contributed by atoms with E-state index >= 15 is 0 Å². The number of carbonyl (C=O) groups is 1. The van der Waals surface area contributed by atoms with Crippen molar-refractivity contribution in [1.29, 1.82) is 0 Å². The Morgan fingerprint density at radius 3 is 2.67 bits per heavy atom. The zero-order chi connectivity index (χ0) is 13.2. The van der Waals surface area contributed by atoms with E-state index in [0.29, 0.717) is 12.1 Å². The van der Waals surface area contributed by atoms with Crippen LogP contribution >= 0.6 is 0 Å². The summed E-state index contributed by atoms with van der Waals surface area (Å²) in [6.07, 6.45) is 3.23. The molecule has 4 N–H and O–H groups in total. The number of benzene rings is 1. The summed E-state index contributed by atoms with van der Waals surface area (Å²) in [5.41, 5.74) is 7.88. The number of aryl methyl sites for hydroxylation is 1. The van der Waals surface area contributed by atoms with Gasteiger partial charge in [0, 0.05) is 17.6 Å². The van der Waals surface area contributed by atoms with E-state index in [9.17, 15) is 9.90 Å². The fourth-order valence-corrected chi connectivity index (χ4v) is 2.32. The van der Waals surface area contributed by atoms with Crippen LogP contribution in [-0.4, -0.2) is 23.2 Å². The molecule has 1 aliphatic rings. The van der Waals surface area contributed by atoms with Crippen LogP contribution in [0.4, 0.5) is 0 Å². The highest BCUT2D eigenvalue weighted by Gasteiger charge is 2.35. The van der Waals surface area contributed by atoms with E-state index in [1.54, 1.807) is 6.07 Å². The van der Waals surface area contributed by atoms with Crippen molar-refractivity contribution < 1.29 is 9.90 Å². The lowest BCUT2D eigenvalue weighted by Crippen LogP contribution is -2.53. The van der Waals surface area contributed by atoms with E-state index in [2.05, 4.69) is 5.32 Å². The van der Waals surface area contributed by atoms with Crippen LogP contribution in [0, 0.1) is 6.92 Å². The number of nitrogens with two attached hydrogens (primary N) is 1. The molecule has 1 fully saturated rings. The molecule has 18 heavy (non-hydrogen) atoms. The molecular weight excluding hydrogens is 228 g/mol. The zero-order valence-corrected chi connectivity index (χ0v) is 10.7. The summed E-state index contributed by atoms with van der Waals surface area (Å²) < 4.78 is 0. The second-order valence-electron chi connectivity index (χ2n) is 5.15. The Balaban J connectivity index is 2.03. The van der Waals surface area contributed by atoms with Gasteiger partial charge in [0.25, 0.3) is 0 Å². The van der Waals surface area contributed by atoms with Crippen molar-refractivity contribution in [3.63, 3.8) is 0 Å². The first-order valence-corrected chi connectivity index (χ1v) is 6.31. The van der Waals surface area contributed by atoms with Crippen LogP contribution in [0.15, 0.2) is 18.2 Å². The molecule has 0 unspecified atom stereocenters. The van der Waals surface area contributed by atoms with Crippen LogP contribution in [0.1, 0.15) is 40.7 Å². The number of hydrogen-bond acceptors (Lipinski definition) is 3. The van der Waals surface area contributed by atoms with Crippen molar-refractivity contribution in [2.45, 2.75) is 38.3 Å². The molecule has 1 aromatic carbocycles. The van der Waals surface area contributed by atoms with Crippen LogP contribution in [0.3, 0.4) is 0 Å². The molecule has 1 saturated carbocycles. The average molecular weight is 248 g/mol. The normalized spacial score (nSPS) is 17.2. The van der Waals surface area contributed by atoms with Gasteiger partial charge >= 0.3 is 0 Å². The van der Waals surface area contributed by atoms with Crippen LogP contribution in [0.25, 0.3) is 0 Å². The van der Waals surface area contributed by atoms with Gasteiger partial charge in [0.05, 0.1) is 6.61 Å². The van der Waals surface area contributed by atoms with E-state index in [1.807, 2.05) is 19.1 Å². The average Bonchev–Trinajstić information content (AvgIpc) is 2.29. The minimum atomic E-state index is -0.400. The van der Waals surface area contributed by atoms with Crippen LogP contribution in [0.5, 0.6) is 0 Å². The standard InChI is InChI=1S/C14H20N2O2/c1-10-7-11(13(15)18)3-4-12(10)8-16-14(9-17)5-2-6-14/h3-4,7,16-17H,2,5-6,8-9H2,1H3,(H2,15,18). The van der Waals surface area contributed by atoms with E-state index in [0.717, 1.165) is 24.0 Å². The first-order chi connectivity index (χ1) is 8.56. The molecule has 4 heteroatoms. The molecule has 1 aromatic rings. The minimum absolute atomic E-state index is 0.0885. The lowest BCUT2D eigenvalue weighted by atomic mass is 9.77. The Labute approximate surface area is 107 Å². The highest BCUT2D eigenvalue weighted by atomic mass is 16.3. The van der Waals surface area contributed by atoms with E-state index in [4.69, 9.17) is 5.73 Å². The summed E-state index contributed by atoms with van der Waals surface area (Å²) in [4.78, 5) is 11.1. The maximum Gasteiger partial charge on any atom is 0.248 e. The predicted octanol–water partition coefficient (Wildman–Crippen LogP) is 1.10. The van der Waals surface area contributed by atoms with E-state index < -0.39 is 5.91 Å². The van der Waals surface area contributed by atoms with Gasteiger partial charge < -0.3 is 16.2 Å². The van der Waals surface area contributed by atoms with Crippen molar-refractivity contribution in [3.8, 4) is 0 Å². The number of primary amides is 1. The molecule has 0 radical (unpaired) electrons. The van der Waals surface area contributed by atoms with Gasteiger partial charge in [0.2, 0.25) is 5.91 Å². The Bertz CT molecular complexity index is 448. The third-order valence-electron chi connectivity index (χ3n) is 3.89. The molecule has 0 bridgehead atoms. The molecule has 0 spiro atoms. The second-order valence-corrected chi connectivity index (χ2v) is 5.15. The van der Waals surface area contributed by atoms with Gasteiger partial charge in [-0.15, -0.1) is 0 Å². The SMILES string of the molecule is Cc1cc(C(N)=O)ccc1CNC1(CO)CCC1. The van der Waals surface area contributed by atoms with Crippen molar-refractivity contribution >= 4 is 5.91 Å². The number of carbonyl (C=O) groups excluding carboxylic acids is 1. The lowest BCUT2D eigenvalue weighted by Gasteiger charge is -2.41. The molecule has 98 valence electrons. The topological polar surface area (TPSA) is 75.4 Å². The summed E-state index contributed by atoms with van der Waals surface area (Å²) in [5, 5.41) is 12.8. The highest BCUT2D eigenvalue weighted by Crippen LogP contribution is 2.31. The zero-order valence-electron chi connectivity index (χ0n) is 10.7. The number of amides is 1. The molecule has 2 rings (SSSR count). The number of aliphatic hydroxyl groups excluding tert-OH is 1. The van der Waals surface area contributed by atoms with Gasteiger partial charge in [-0.1, -0.05) is 6.07 Å².